The second-order valence-electron chi connectivity index (χ2n) is 6.15. The molecular formula is C16H25N3O2. The second kappa shape index (κ2) is 5.93. The van der Waals surface area contributed by atoms with Crippen molar-refractivity contribution in [1.29, 1.82) is 0 Å². The first-order valence-corrected chi connectivity index (χ1v) is 7.27. The van der Waals surface area contributed by atoms with Gasteiger partial charge in [0.05, 0.1) is 17.0 Å². The minimum Gasteiger partial charge on any atom is -0.397 e. The molecule has 2 rings (SSSR count). The number of rotatable bonds is 3. The number of carbonyl (C=O) groups excluding carboxylic acids is 1. The minimum absolute atomic E-state index is 0.0113. The molecule has 116 valence electrons. The zero-order chi connectivity index (χ0) is 15.6. The zero-order valence-electron chi connectivity index (χ0n) is 13.3. The van der Waals surface area contributed by atoms with E-state index >= 15 is 0 Å². The van der Waals surface area contributed by atoms with Crippen molar-refractivity contribution in [2.75, 3.05) is 44.9 Å². The van der Waals surface area contributed by atoms with Gasteiger partial charge in [0.25, 0.3) is 5.91 Å². The Morgan fingerprint density at radius 2 is 2.14 bits per heavy atom. The minimum atomic E-state index is -0.160. The summed E-state index contributed by atoms with van der Waals surface area (Å²) < 4.78 is 5.63. The van der Waals surface area contributed by atoms with Crippen molar-refractivity contribution in [3.8, 4) is 0 Å². The molecule has 1 amide bonds. The average Bonchev–Trinajstić information content (AvgIpc) is 2.47. The van der Waals surface area contributed by atoms with E-state index in [4.69, 9.17) is 10.5 Å². The molecule has 1 atom stereocenters. The molecule has 1 heterocycles. The number of nitrogens with two attached hydrogens (primary N) is 1. The highest BCUT2D eigenvalue weighted by molar-refractivity contribution is 5.96. The first-order chi connectivity index (χ1) is 9.86. The molecule has 0 saturated carbocycles. The summed E-state index contributed by atoms with van der Waals surface area (Å²) in [6.07, 6.45) is 2.09. The molecule has 5 heteroatoms. The van der Waals surface area contributed by atoms with Crippen LogP contribution in [-0.2, 0) is 4.74 Å². The number of carbonyl (C=O) groups is 1. The number of methoxy groups -OCH3 is 1. The standard InChI is InChI=1S/C16H25N3O2/c1-16(21-4)8-5-9-19(11-16)14-10-12(6-7-13(14)17)15(20)18(2)3/h6-7,10H,5,8-9,11,17H2,1-4H3. The van der Waals surface area contributed by atoms with Crippen LogP contribution < -0.4 is 10.6 Å². The van der Waals surface area contributed by atoms with Gasteiger partial charge in [-0.1, -0.05) is 0 Å². The molecule has 5 nitrogen and oxygen atoms in total. The van der Waals surface area contributed by atoms with Crippen LogP contribution >= 0.6 is 0 Å². The van der Waals surface area contributed by atoms with Gasteiger partial charge in [-0.3, -0.25) is 4.79 Å². The Morgan fingerprint density at radius 3 is 2.76 bits per heavy atom. The molecular weight excluding hydrogens is 266 g/mol. The highest BCUT2D eigenvalue weighted by Gasteiger charge is 2.31. The molecule has 1 unspecified atom stereocenters. The highest BCUT2D eigenvalue weighted by atomic mass is 16.5. The fourth-order valence-electron chi connectivity index (χ4n) is 2.79. The summed E-state index contributed by atoms with van der Waals surface area (Å²) in [5, 5.41) is 0. The van der Waals surface area contributed by atoms with Crippen LogP contribution in [0.4, 0.5) is 11.4 Å². The molecule has 0 bridgehead atoms. The molecule has 2 N–H and O–H groups in total. The number of hydrogen-bond acceptors (Lipinski definition) is 4. The van der Waals surface area contributed by atoms with Crippen LogP contribution in [0.3, 0.4) is 0 Å². The van der Waals surface area contributed by atoms with Crippen molar-refractivity contribution in [2.45, 2.75) is 25.4 Å². The summed E-state index contributed by atoms with van der Waals surface area (Å²) in [5.74, 6) is -0.0113. The van der Waals surface area contributed by atoms with E-state index in [-0.39, 0.29) is 11.5 Å². The molecule has 0 radical (unpaired) electrons. The van der Waals surface area contributed by atoms with Crippen LogP contribution in [-0.4, -0.2) is 50.7 Å². The summed E-state index contributed by atoms with van der Waals surface area (Å²) >= 11 is 0. The van der Waals surface area contributed by atoms with E-state index in [1.54, 1.807) is 32.2 Å². The summed E-state index contributed by atoms with van der Waals surface area (Å²) in [6.45, 7) is 3.83. The average molecular weight is 291 g/mol. The third-order valence-electron chi connectivity index (χ3n) is 4.18. The molecule has 21 heavy (non-hydrogen) atoms. The van der Waals surface area contributed by atoms with Crippen LogP contribution in [0.5, 0.6) is 0 Å². The number of piperidine rings is 1. The van der Waals surface area contributed by atoms with Gasteiger partial charge >= 0.3 is 0 Å². The number of nitrogen functional groups attached to an aromatic ring is 1. The molecule has 1 aromatic carbocycles. The number of nitrogens with zero attached hydrogens (tertiary/aromatic N) is 2. The lowest BCUT2D eigenvalue weighted by Gasteiger charge is -2.41. The van der Waals surface area contributed by atoms with E-state index in [0.29, 0.717) is 11.3 Å². The predicted molar refractivity (Wildman–Crippen MR) is 85.7 cm³/mol. The van der Waals surface area contributed by atoms with Crippen molar-refractivity contribution >= 4 is 17.3 Å². The van der Waals surface area contributed by atoms with Gasteiger partial charge in [0.2, 0.25) is 0 Å². The van der Waals surface area contributed by atoms with Gasteiger partial charge in [0, 0.05) is 39.9 Å². The maximum Gasteiger partial charge on any atom is 0.253 e. The number of hydrogen-bond donors (Lipinski definition) is 1. The molecule has 1 aliphatic rings. The van der Waals surface area contributed by atoms with Gasteiger partial charge in [-0.15, -0.1) is 0 Å². The molecule has 0 aliphatic carbocycles. The normalized spacial score (nSPS) is 22.2. The lowest BCUT2D eigenvalue weighted by molar-refractivity contribution is -0.00462. The van der Waals surface area contributed by atoms with E-state index in [1.807, 2.05) is 12.1 Å². The van der Waals surface area contributed by atoms with Crippen LogP contribution in [0.25, 0.3) is 0 Å². The molecule has 0 aromatic heterocycles. The van der Waals surface area contributed by atoms with Crippen molar-refractivity contribution in [3.63, 3.8) is 0 Å². The fraction of sp³-hybridized carbons (Fsp3) is 0.562. The first kappa shape index (κ1) is 15.6. The number of anilines is 2. The van der Waals surface area contributed by atoms with Crippen LogP contribution in [0.2, 0.25) is 0 Å². The van der Waals surface area contributed by atoms with Crippen molar-refractivity contribution in [2.24, 2.45) is 0 Å². The van der Waals surface area contributed by atoms with Gasteiger partial charge in [0.15, 0.2) is 0 Å². The number of amides is 1. The second-order valence-corrected chi connectivity index (χ2v) is 6.15. The fourth-order valence-corrected chi connectivity index (χ4v) is 2.79. The summed E-state index contributed by atoms with van der Waals surface area (Å²) in [7, 11) is 5.25. The summed E-state index contributed by atoms with van der Waals surface area (Å²) in [5.41, 5.74) is 8.24. The largest absolute Gasteiger partial charge is 0.397 e. The highest BCUT2D eigenvalue weighted by Crippen LogP contribution is 2.32. The SMILES string of the molecule is COC1(C)CCCN(c2cc(C(=O)N(C)C)ccc2N)C1. The first-order valence-electron chi connectivity index (χ1n) is 7.27. The topological polar surface area (TPSA) is 58.8 Å². The Labute approximate surface area is 126 Å². The van der Waals surface area contributed by atoms with Gasteiger partial charge in [0.1, 0.15) is 0 Å². The van der Waals surface area contributed by atoms with E-state index < -0.39 is 0 Å². The van der Waals surface area contributed by atoms with Crippen LogP contribution in [0.1, 0.15) is 30.1 Å². The van der Waals surface area contributed by atoms with E-state index in [2.05, 4.69) is 11.8 Å². The summed E-state index contributed by atoms with van der Waals surface area (Å²) in [6, 6.07) is 5.48. The Balaban J connectivity index is 2.30. The van der Waals surface area contributed by atoms with Crippen LogP contribution in [0.15, 0.2) is 18.2 Å². The van der Waals surface area contributed by atoms with Gasteiger partial charge < -0.3 is 20.3 Å². The lowest BCUT2D eigenvalue weighted by atomic mass is 9.94. The van der Waals surface area contributed by atoms with Crippen molar-refractivity contribution < 1.29 is 9.53 Å². The Bertz CT molecular complexity index is 530. The van der Waals surface area contributed by atoms with Crippen LogP contribution in [0, 0.1) is 0 Å². The van der Waals surface area contributed by atoms with Gasteiger partial charge in [-0.2, -0.15) is 0 Å². The van der Waals surface area contributed by atoms with Gasteiger partial charge in [-0.05, 0) is 38.0 Å². The maximum atomic E-state index is 12.1. The smallest absolute Gasteiger partial charge is 0.253 e. The monoisotopic (exact) mass is 291 g/mol. The number of benzene rings is 1. The zero-order valence-corrected chi connectivity index (χ0v) is 13.3. The summed E-state index contributed by atoms with van der Waals surface area (Å²) in [4.78, 5) is 15.9. The molecule has 1 aliphatic heterocycles. The molecule has 1 aromatic rings. The number of ether oxygens (including phenoxy) is 1. The lowest BCUT2D eigenvalue weighted by Crippen LogP contribution is -2.47. The Kier molecular flexibility index (Phi) is 4.42. The third-order valence-corrected chi connectivity index (χ3v) is 4.18. The van der Waals surface area contributed by atoms with Gasteiger partial charge in [-0.25, -0.2) is 0 Å². The quantitative estimate of drug-likeness (QED) is 0.865. The molecule has 0 spiro atoms. The van der Waals surface area contributed by atoms with E-state index in [9.17, 15) is 4.79 Å². The Morgan fingerprint density at radius 1 is 1.43 bits per heavy atom. The Hall–Kier alpha value is -1.75. The van der Waals surface area contributed by atoms with Crippen molar-refractivity contribution in [1.82, 2.24) is 4.90 Å². The molecule has 1 fully saturated rings. The maximum absolute atomic E-state index is 12.1. The third kappa shape index (κ3) is 3.29. The predicted octanol–water partition coefficient (Wildman–Crippen LogP) is 1.98. The van der Waals surface area contributed by atoms with E-state index in [1.165, 1.54) is 0 Å². The molecule has 1 saturated heterocycles. The van der Waals surface area contributed by atoms with E-state index in [0.717, 1.165) is 31.6 Å². The van der Waals surface area contributed by atoms with Crippen molar-refractivity contribution in [3.05, 3.63) is 23.8 Å².